The minimum Gasteiger partial charge on any atom is -0.465 e. The third kappa shape index (κ3) is 4.90. The second-order valence-corrected chi connectivity index (χ2v) is 11.8. The molecule has 2 aromatic carbocycles. The molecule has 3 heterocycles. The molecule has 2 amide bonds. The molecule has 1 saturated heterocycles. The van der Waals surface area contributed by atoms with Gasteiger partial charge in [0, 0.05) is 34.6 Å². The first-order chi connectivity index (χ1) is 18.8. The second kappa shape index (κ2) is 11.2. The summed E-state index contributed by atoms with van der Waals surface area (Å²) < 4.78 is 6.46. The first kappa shape index (κ1) is 27.5. The molecule has 204 valence electrons. The maximum Gasteiger partial charge on any atom is 0.326 e. The molecule has 0 spiro atoms. The summed E-state index contributed by atoms with van der Waals surface area (Å²) in [6, 6.07) is 14.6. The monoisotopic (exact) mass is 585 g/mol. The number of aromatic nitrogens is 1. The van der Waals surface area contributed by atoms with E-state index < -0.39 is 23.1 Å². The summed E-state index contributed by atoms with van der Waals surface area (Å²) in [6.07, 6.45) is 0. The number of imide groups is 1. The molecular weight excluding hydrogens is 558 g/mol. The lowest BCUT2D eigenvalue weighted by atomic mass is 9.83. The van der Waals surface area contributed by atoms with E-state index in [9.17, 15) is 19.2 Å². The second-order valence-electron chi connectivity index (χ2n) is 9.22. The van der Waals surface area contributed by atoms with E-state index in [1.807, 2.05) is 24.3 Å². The quantitative estimate of drug-likeness (QED) is 0.278. The lowest BCUT2D eigenvalue weighted by Crippen LogP contribution is -2.32. The van der Waals surface area contributed by atoms with Crippen LogP contribution < -0.4 is 14.7 Å². The highest BCUT2D eigenvalue weighted by Crippen LogP contribution is 2.54. The molecule has 3 atom stereocenters. The first-order valence-electron chi connectivity index (χ1n) is 12.8. The number of hydrogen-bond acceptors (Lipinski definition) is 8. The van der Waals surface area contributed by atoms with Gasteiger partial charge in [0.2, 0.25) is 11.8 Å². The predicted octanol–water partition coefficient (Wildman–Crippen LogP) is 4.77. The SMILES string of the molecule is CCOC(=O)Cn1c2c(sc1=O)[C@H](c1ccc(N(CC)CC)cc1)C1C(=O)N(c3ccc(Cl)cc3)C(=O)C1S2. The number of anilines is 2. The Morgan fingerprint density at radius 2 is 1.64 bits per heavy atom. The van der Waals surface area contributed by atoms with Gasteiger partial charge >= 0.3 is 10.8 Å². The Labute approximate surface area is 239 Å². The Bertz CT molecular complexity index is 1460. The van der Waals surface area contributed by atoms with Crippen molar-refractivity contribution in [2.45, 2.75) is 43.5 Å². The molecule has 0 radical (unpaired) electrons. The summed E-state index contributed by atoms with van der Waals surface area (Å²) in [5, 5.41) is 0.285. The highest BCUT2D eigenvalue weighted by Gasteiger charge is 2.56. The van der Waals surface area contributed by atoms with Crippen LogP contribution in [0, 0.1) is 5.92 Å². The van der Waals surface area contributed by atoms with Gasteiger partial charge in [-0.15, -0.1) is 0 Å². The van der Waals surface area contributed by atoms with Crippen molar-refractivity contribution >= 4 is 63.9 Å². The maximum absolute atomic E-state index is 13.9. The number of ether oxygens (including phenoxy) is 1. The highest BCUT2D eigenvalue weighted by atomic mass is 35.5. The topological polar surface area (TPSA) is 88.9 Å². The summed E-state index contributed by atoms with van der Waals surface area (Å²) in [4.78, 5) is 56.9. The number of carbonyl (C=O) groups excluding carboxylic acids is 3. The predicted molar refractivity (Wildman–Crippen MR) is 154 cm³/mol. The van der Waals surface area contributed by atoms with E-state index >= 15 is 0 Å². The Balaban J connectivity index is 1.62. The standard InChI is InChI=1S/C28H28ClN3O5S2/c1-4-30(5-2)18-11-7-16(8-12-18)21-22-23(26(35)32(25(22)34)19-13-9-17(29)10-14-19)38-27-24(21)39-28(36)31(27)15-20(33)37-6-3/h7-14,21-23H,4-6,15H2,1-3H3/t21-,22?,23?/m1/s1. The van der Waals surface area contributed by atoms with Crippen LogP contribution in [0.3, 0.4) is 0 Å². The van der Waals surface area contributed by atoms with Crippen molar-refractivity contribution < 1.29 is 19.1 Å². The molecule has 5 rings (SSSR count). The minimum atomic E-state index is -0.754. The zero-order valence-corrected chi connectivity index (χ0v) is 24.1. The number of benzene rings is 2. The Morgan fingerprint density at radius 1 is 0.974 bits per heavy atom. The molecule has 2 aliphatic heterocycles. The van der Waals surface area contributed by atoms with Crippen molar-refractivity contribution in [3.8, 4) is 0 Å². The van der Waals surface area contributed by atoms with Gasteiger partial charge in [0.15, 0.2) is 0 Å². The molecule has 0 bridgehead atoms. The molecule has 2 aliphatic rings. The minimum absolute atomic E-state index is 0.197. The fraction of sp³-hybridized carbons (Fsp3) is 0.357. The number of amides is 2. The average molecular weight is 586 g/mol. The first-order valence-corrected chi connectivity index (χ1v) is 14.9. The summed E-state index contributed by atoms with van der Waals surface area (Å²) >= 11 is 8.25. The van der Waals surface area contributed by atoms with E-state index in [-0.39, 0.29) is 29.8 Å². The Kier molecular flexibility index (Phi) is 7.89. The van der Waals surface area contributed by atoms with Crippen LogP contribution in [0.4, 0.5) is 11.4 Å². The average Bonchev–Trinajstić information content (AvgIpc) is 3.37. The Hall–Kier alpha value is -3.08. The summed E-state index contributed by atoms with van der Waals surface area (Å²) in [7, 11) is 0. The van der Waals surface area contributed by atoms with E-state index in [0.29, 0.717) is 20.6 Å². The normalized spacial score (nSPS) is 20.1. The van der Waals surface area contributed by atoms with Crippen LogP contribution in [-0.4, -0.2) is 47.3 Å². The van der Waals surface area contributed by atoms with Gasteiger partial charge in [-0.2, -0.15) is 0 Å². The number of carbonyl (C=O) groups is 3. The van der Waals surface area contributed by atoms with E-state index in [4.69, 9.17) is 16.3 Å². The molecule has 0 aliphatic carbocycles. The number of thioether (sulfide) groups is 1. The number of fused-ring (bicyclic) bond motifs is 2. The maximum atomic E-state index is 13.9. The van der Waals surface area contributed by atoms with Crippen molar-refractivity contribution in [3.05, 3.63) is 73.7 Å². The van der Waals surface area contributed by atoms with Crippen molar-refractivity contribution in [1.29, 1.82) is 0 Å². The van der Waals surface area contributed by atoms with Gasteiger partial charge in [0.25, 0.3) is 0 Å². The number of halogens is 1. The fourth-order valence-electron chi connectivity index (χ4n) is 5.28. The van der Waals surface area contributed by atoms with Crippen LogP contribution in [0.5, 0.6) is 0 Å². The zero-order valence-electron chi connectivity index (χ0n) is 21.8. The third-order valence-electron chi connectivity index (χ3n) is 7.11. The van der Waals surface area contributed by atoms with E-state index in [1.165, 1.54) is 21.2 Å². The summed E-state index contributed by atoms with van der Waals surface area (Å²) in [5.74, 6) is -2.43. The molecular formula is C28H28ClN3O5S2. The lowest BCUT2D eigenvalue weighted by molar-refractivity contribution is -0.144. The molecule has 39 heavy (non-hydrogen) atoms. The number of hydrogen-bond donors (Lipinski definition) is 0. The van der Waals surface area contributed by atoms with Crippen molar-refractivity contribution in [3.63, 3.8) is 0 Å². The highest BCUT2D eigenvalue weighted by molar-refractivity contribution is 8.00. The van der Waals surface area contributed by atoms with Crippen molar-refractivity contribution in [2.75, 3.05) is 29.5 Å². The molecule has 0 N–H and O–H groups in total. The van der Waals surface area contributed by atoms with Crippen LogP contribution in [0.15, 0.2) is 58.4 Å². The number of esters is 1. The zero-order chi connectivity index (χ0) is 27.8. The molecule has 0 saturated carbocycles. The van der Waals surface area contributed by atoms with Crippen molar-refractivity contribution in [2.24, 2.45) is 5.92 Å². The van der Waals surface area contributed by atoms with Crippen LogP contribution in [0.1, 0.15) is 37.1 Å². The summed E-state index contributed by atoms with van der Waals surface area (Å²) in [5.41, 5.74) is 2.34. The molecule has 11 heteroatoms. The summed E-state index contributed by atoms with van der Waals surface area (Å²) in [6.45, 7) is 7.53. The van der Waals surface area contributed by atoms with Gasteiger partial charge in [-0.25, -0.2) is 4.90 Å². The third-order valence-corrected chi connectivity index (χ3v) is 9.96. The lowest BCUT2D eigenvalue weighted by Gasteiger charge is -2.31. The molecule has 3 aromatic rings. The number of nitrogens with zero attached hydrogens (tertiary/aromatic N) is 3. The van der Waals surface area contributed by atoms with Gasteiger partial charge in [-0.05, 0) is 62.7 Å². The van der Waals surface area contributed by atoms with Crippen LogP contribution in [0.25, 0.3) is 0 Å². The molecule has 2 unspecified atom stereocenters. The van der Waals surface area contributed by atoms with E-state index in [1.54, 1.807) is 31.2 Å². The number of rotatable bonds is 8. The fourth-order valence-corrected chi connectivity index (χ4v) is 8.18. The van der Waals surface area contributed by atoms with Crippen LogP contribution >= 0.6 is 34.7 Å². The van der Waals surface area contributed by atoms with Gasteiger partial charge in [-0.1, -0.05) is 46.8 Å². The Morgan fingerprint density at radius 3 is 2.26 bits per heavy atom. The molecule has 1 aromatic heterocycles. The van der Waals surface area contributed by atoms with Crippen molar-refractivity contribution in [1.82, 2.24) is 4.57 Å². The molecule has 1 fully saturated rings. The number of thiazole rings is 1. The molecule has 8 nitrogen and oxygen atoms in total. The largest absolute Gasteiger partial charge is 0.465 e. The van der Waals surface area contributed by atoms with Gasteiger partial charge in [0.05, 0.1) is 23.2 Å². The van der Waals surface area contributed by atoms with E-state index in [2.05, 4.69) is 18.7 Å². The van der Waals surface area contributed by atoms with Gasteiger partial charge in [0.1, 0.15) is 11.8 Å². The van der Waals surface area contributed by atoms with Crippen LogP contribution in [0.2, 0.25) is 5.02 Å². The van der Waals surface area contributed by atoms with Crippen LogP contribution in [-0.2, 0) is 25.7 Å². The van der Waals surface area contributed by atoms with Gasteiger partial charge in [-0.3, -0.25) is 23.7 Å². The van der Waals surface area contributed by atoms with Gasteiger partial charge < -0.3 is 9.64 Å². The van der Waals surface area contributed by atoms with E-state index in [0.717, 1.165) is 35.7 Å². The smallest absolute Gasteiger partial charge is 0.326 e.